The molecule has 1 aliphatic rings. The molecular formula is C12H20N4O3S. The second kappa shape index (κ2) is 5.45. The van der Waals surface area contributed by atoms with Crippen molar-refractivity contribution in [3.05, 3.63) is 18.0 Å². The number of hydrogen-bond donors (Lipinski definition) is 1. The minimum absolute atomic E-state index is 0.100. The van der Waals surface area contributed by atoms with Crippen molar-refractivity contribution in [2.45, 2.75) is 13.5 Å². The van der Waals surface area contributed by atoms with Gasteiger partial charge in [-0.05, 0) is 13.0 Å². The molecule has 2 N–H and O–H groups in total. The predicted octanol–water partition coefficient (Wildman–Crippen LogP) is -0.192. The zero-order valence-corrected chi connectivity index (χ0v) is 12.6. The quantitative estimate of drug-likeness (QED) is 0.838. The van der Waals surface area contributed by atoms with Crippen LogP contribution in [0.3, 0.4) is 0 Å². The van der Waals surface area contributed by atoms with Crippen molar-refractivity contribution in [3.8, 4) is 0 Å². The average molecular weight is 300 g/mol. The van der Waals surface area contributed by atoms with Crippen molar-refractivity contribution in [1.29, 1.82) is 0 Å². The van der Waals surface area contributed by atoms with Gasteiger partial charge in [0.2, 0.25) is 10.0 Å². The van der Waals surface area contributed by atoms with Crippen molar-refractivity contribution < 1.29 is 13.2 Å². The summed E-state index contributed by atoms with van der Waals surface area (Å²) in [6.07, 6.45) is 2.92. The molecule has 2 rings (SSSR count). The van der Waals surface area contributed by atoms with Crippen LogP contribution in [0.25, 0.3) is 0 Å². The molecule has 7 nitrogen and oxygen atoms in total. The molecule has 0 atom stereocenters. The first-order valence-corrected chi connectivity index (χ1v) is 8.37. The summed E-state index contributed by atoms with van der Waals surface area (Å²) in [5.74, 6) is -0.100. The Morgan fingerprint density at radius 2 is 1.90 bits per heavy atom. The number of rotatable bonds is 3. The van der Waals surface area contributed by atoms with Crippen LogP contribution in [-0.2, 0) is 16.6 Å². The Hall–Kier alpha value is -1.54. The van der Waals surface area contributed by atoms with Gasteiger partial charge >= 0.3 is 0 Å². The summed E-state index contributed by atoms with van der Waals surface area (Å²) in [6.45, 7) is 4.10. The van der Waals surface area contributed by atoms with Gasteiger partial charge in [-0.15, -0.1) is 0 Å². The number of aryl methyl sites for hydroxylation is 1. The smallest absolute Gasteiger partial charge is 0.270 e. The van der Waals surface area contributed by atoms with E-state index >= 15 is 0 Å². The predicted molar refractivity (Wildman–Crippen MR) is 76.8 cm³/mol. The molecular weight excluding hydrogens is 280 g/mol. The van der Waals surface area contributed by atoms with Crippen molar-refractivity contribution in [1.82, 2.24) is 13.8 Å². The third-order valence-electron chi connectivity index (χ3n) is 3.47. The molecule has 20 heavy (non-hydrogen) atoms. The zero-order valence-electron chi connectivity index (χ0n) is 11.7. The highest BCUT2D eigenvalue weighted by Gasteiger charge is 2.27. The number of nitrogens with zero attached hydrogens (tertiary/aromatic N) is 3. The maximum Gasteiger partial charge on any atom is 0.270 e. The Labute approximate surface area is 119 Å². The van der Waals surface area contributed by atoms with Crippen LogP contribution in [0.1, 0.15) is 17.4 Å². The minimum Gasteiger partial charge on any atom is -0.397 e. The highest BCUT2D eigenvalue weighted by molar-refractivity contribution is 7.88. The first kappa shape index (κ1) is 14.9. The Morgan fingerprint density at radius 3 is 2.40 bits per heavy atom. The van der Waals surface area contributed by atoms with E-state index in [1.807, 2.05) is 6.92 Å². The lowest BCUT2D eigenvalue weighted by atomic mass is 10.3. The number of hydrogen-bond acceptors (Lipinski definition) is 4. The number of nitrogen functional groups attached to an aromatic ring is 1. The van der Waals surface area contributed by atoms with Crippen LogP contribution >= 0.6 is 0 Å². The largest absolute Gasteiger partial charge is 0.397 e. The van der Waals surface area contributed by atoms with Crippen LogP contribution in [0.15, 0.2) is 12.3 Å². The molecule has 0 aromatic carbocycles. The molecule has 2 heterocycles. The number of carbonyl (C=O) groups is 1. The number of piperazine rings is 1. The van der Waals surface area contributed by atoms with Gasteiger partial charge in [-0.1, -0.05) is 0 Å². The first-order valence-electron chi connectivity index (χ1n) is 6.53. The molecule has 0 spiro atoms. The van der Waals surface area contributed by atoms with E-state index < -0.39 is 10.0 Å². The van der Waals surface area contributed by atoms with Crippen molar-refractivity contribution >= 4 is 21.6 Å². The molecule has 1 saturated heterocycles. The summed E-state index contributed by atoms with van der Waals surface area (Å²) in [5.41, 5.74) is 6.84. The van der Waals surface area contributed by atoms with E-state index in [1.165, 1.54) is 10.6 Å². The van der Waals surface area contributed by atoms with Gasteiger partial charge in [0, 0.05) is 38.9 Å². The molecule has 0 saturated carbocycles. The molecule has 1 amide bonds. The Kier molecular flexibility index (Phi) is 4.05. The third-order valence-corrected chi connectivity index (χ3v) is 4.78. The van der Waals surface area contributed by atoms with Crippen molar-refractivity contribution in [3.63, 3.8) is 0 Å². The van der Waals surface area contributed by atoms with Crippen LogP contribution < -0.4 is 5.73 Å². The van der Waals surface area contributed by atoms with Crippen LogP contribution in [0.5, 0.6) is 0 Å². The van der Waals surface area contributed by atoms with Gasteiger partial charge in [0.25, 0.3) is 5.91 Å². The number of amides is 1. The molecule has 0 bridgehead atoms. The molecule has 1 fully saturated rings. The number of aromatic nitrogens is 1. The molecule has 0 unspecified atom stereocenters. The van der Waals surface area contributed by atoms with Crippen molar-refractivity contribution in [2.24, 2.45) is 0 Å². The van der Waals surface area contributed by atoms with Gasteiger partial charge < -0.3 is 15.2 Å². The molecule has 1 aliphatic heterocycles. The van der Waals surface area contributed by atoms with Crippen LogP contribution in [0.4, 0.5) is 5.69 Å². The van der Waals surface area contributed by atoms with Gasteiger partial charge in [-0.3, -0.25) is 4.79 Å². The molecule has 1 aromatic rings. The fourth-order valence-electron chi connectivity index (χ4n) is 2.36. The lowest BCUT2D eigenvalue weighted by molar-refractivity contribution is 0.0687. The van der Waals surface area contributed by atoms with E-state index in [1.54, 1.807) is 21.7 Å². The summed E-state index contributed by atoms with van der Waals surface area (Å²) in [4.78, 5) is 14.1. The van der Waals surface area contributed by atoms with E-state index in [4.69, 9.17) is 5.73 Å². The van der Waals surface area contributed by atoms with Gasteiger partial charge in [-0.25, -0.2) is 8.42 Å². The Morgan fingerprint density at radius 1 is 1.30 bits per heavy atom. The Bertz CT molecular complexity index is 600. The highest BCUT2D eigenvalue weighted by Crippen LogP contribution is 2.15. The van der Waals surface area contributed by atoms with E-state index in [2.05, 4.69) is 0 Å². The SMILES string of the molecule is CCn1cc(N)cc1C(=O)N1CCN(S(C)(=O)=O)CC1. The average Bonchev–Trinajstić information content (AvgIpc) is 2.78. The lowest BCUT2D eigenvalue weighted by Gasteiger charge is -2.33. The van der Waals surface area contributed by atoms with E-state index in [9.17, 15) is 13.2 Å². The highest BCUT2D eigenvalue weighted by atomic mass is 32.2. The maximum atomic E-state index is 12.4. The molecule has 8 heteroatoms. The van der Waals surface area contributed by atoms with Crippen LogP contribution in [0, 0.1) is 0 Å². The van der Waals surface area contributed by atoms with E-state index in [0.29, 0.717) is 44.1 Å². The number of carbonyl (C=O) groups excluding carboxylic acids is 1. The van der Waals surface area contributed by atoms with Gasteiger partial charge in [-0.2, -0.15) is 4.31 Å². The zero-order chi connectivity index (χ0) is 14.9. The van der Waals surface area contributed by atoms with Crippen LogP contribution in [-0.4, -0.2) is 60.5 Å². The molecule has 0 aliphatic carbocycles. The summed E-state index contributed by atoms with van der Waals surface area (Å²) < 4.78 is 26.1. The minimum atomic E-state index is -3.18. The standard InChI is InChI=1S/C12H20N4O3S/c1-3-14-9-10(13)8-11(14)12(17)15-4-6-16(7-5-15)20(2,18)19/h8-9H,3-7,13H2,1-2H3. The number of sulfonamides is 1. The van der Waals surface area contributed by atoms with E-state index in [0.717, 1.165) is 0 Å². The molecule has 1 aromatic heterocycles. The molecule has 112 valence electrons. The fraction of sp³-hybridized carbons (Fsp3) is 0.583. The number of anilines is 1. The normalized spacial score (nSPS) is 17.4. The summed E-state index contributed by atoms with van der Waals surface area (Å²) in [7, 11) is -3.18. The Balaban J connectivity index is 2.09. The summed E-state index contributed by atoms with van der Waals surface area (Å²) in [5, 5.41) is 0. The first-order chi connectivity index (χ1) is 9.32. The third kappa shape index (κ3) is 2.96. The maximum absolute atomic E-state index is 12.4. The monoisotopic (exact) mass is 300 g/mol. The van der Waals surface area contributed by atoms with Crippen molar-refractivity contribution in [2.75, 3.05) is 38.2 Å². The second-order valence-electron chi connectivity index (χ2n) is 4.90. The van der Waals surface area contributed by atoms with Gasteiger partial charge in [0.1, 0.15) is 5.69 Å². The second-order valence-corrected chi connectivity index (χ2v) is 6.88. The fourth-order valence-corrected chi connectivity index (χ4v) is 3.19. The lowest BCUT2D eigenvalue weighted by Crippen LogP contribution is -2.50. The van der Waals surface area contributed by atoms with E-state index in [-0.39, 0.29) is 5.91 Å². The molecule has 0 radical (unpaired) electrons. The van der Waals surface area contributed by atoms with Crippen LogP contribution in [0.2, 0.25) is 0 Å². The summed E-state index contributed by atoms with van der Waals surface area (Å²) in [6, 6.07) is 1.66. The number of nitrogens with two attached hydrogens (primary N) is 1. The summed E-state index contributed by atoms with van der Waals surface area (Å²) >= 11 is 0. The van der Waals surface area contributed by atoms with Gasteiger partial charge in [0.05, 0.1) is 11.9 Å². The topological polar surface area (TPSA) is 88.6 Å². The van der Waals surface area contributed by atoms with Gasteiger partial charge in [0.15, 0.2) is 0 Å².